The minimum Gasteiger partial charge on any atom is -0.443 e. The standard InChI is InChI=1S/C18H17F3N6O3/c19-18(20,21)30-11-3-1-10(2-4-11)27-16-15(13(7-22)25-27)14(5-6-24-16)26-8-12(9-26)29-17(23)28/h1-6,12H,7-9,22H2,(H2,23,28). The molecule has 9 nitrogen and oxygen atoms in total. The van der Waals surface area contributed by atoms with Gasteiger partial charge >= 0.3 is 12.5 Å². The molecule has 158 valence electrons. The number of hydrogen-bond donors (Lipinski definition) is 2. The first-order valence-corrected chi connectivity index (χ1v) is 8.89. The van der Waals surface area contributed by atoms with Crippen molar-refractivity contribution in [2.24, 2.45) is 11.5 Å². The van der Waals surface area contributed by atoms with Crippen LogP contribution >= 0.6 is 0 Å². The van der Waals surface area contributed by atoms with Gasteiger partial charge in [-0.1, -0.05) is 0 Å². The second-order valence-corrected chi connectivity index (χ2v) is 6.60. The van der Waals surface area contributed by atoms with Crippen LogP contribution in [0.25, 0.3) is 16.7 Å². The van der Waals surface area contributed by atoms with Gasteiger partial charge in [0.15, 0.2) is 5.65 Å². The van der Waals surface area contributed by atoms with Crippen molar-refractivity contribution in [2.45, 2.75) is 19.0 Å². The Balaban J connectivity index is 1.67. The zero-order valence-electron chi connectivity index (χ0n) is 15.5. The summed E-state index contributed by atoms with van der Waals surface area (Å²) in [5.41, 5.74) is 13.3. The van der Waals surface area contributed by atoms with E-state index in [1.807, 2.05) is 4.90 Å². The summed E-state index contributed by atoms with van der Waals surface area (Å²) in [4.78, 5) is 17.2. The van der Waals surface area contributed by atoms with Crippen molar-refractivity contribution in [3.05, 3.63) is 42.2 Å². The number of amides is 1. The van der Waals surface area contributed by atoms with Gasteiger partial charge in [0.25, 0.3) is 0 Å². The number of nitrogens with two attached hydrogens (primary N) is 2. The summed E-state index contributed by atoms with van der Waals surface area (Å²) in [6, 6.07) is 7.09. The third-order valence-corrected chi connectivity index (χ3v) is 4.60. The summed E-state index contributed by atoms with van der Waals surface area (Å²) in [5, 5.41) is 5.20. The average Bonchev–Trinajstić information content (AvgIpc) is 3.03. The Bertz CT molecular complexity index is 1080. The molecule has 30 heavy (non-hydrogen) atoms. The van der Waals surface area contributed by atoms with E-state index in [0.29, 0.717) is 35.5 Å². The van der Waals surface area contributed by atoms with Crippen molar-refractivity contribution in [3.8, 4) is 11.4 Å². The van der Waals surface area contributed by atoms with Crippen molar-refractivity contribution in [3.63, 3.8) is 0 Å². The molecule has 3 aromatic rings. The van der Waals surface area contributed by atoms with Gasteiger partial charge in [-0.2, -0.15) is 5.10 Å². The molecule has 0 aliphatic carbocycles. The van der Waals surface area contributed by atoms with Crippen molar-refractivity contribution >= 4 is 22.8 Å². The van der Waals surface area contributed by atoms with Crippen molar-refractivity contribution in [1.82, 2.24) is 14.8 Å². The van der Waals surface area contributed by atoms with Gasteiger partial charge in [-0.05, 0) is 30.3 Å². The minimum atomic E-state index is -4.77. The number of alkyl halides is 3. The third-order valence-electron chi connectivity index (χ3n) is 4.60. The van der Waals surface area contributed by atoms with Gasteiger partial charge in [0.2, 0.25) is 0 Å². The molecule has 3 heterocycles. The van der Waals surface area contributed by atoms with E-state index in [0.717, 1.165) is 5.69 Å². The predicted molar refractivity (Wildman–Crippen MR) is 100 cm³/mol. The summed E-state index contributed by atoms with van der Waals surface area (Å²) >= 11 is 0. The second-order valence-electron chi connectivity index (χ2n) is 6.60. The molecule has 1 aliphatic heterocycles. The Kier molecular flexibility index (Phi) is 4.86. The SMILES string of the molecule is NCc1nn(-c2ccc(OC(F)(F)F)cc2)c2nccc(N3CC(OC(N)=O)C3)c12. The van der Waals surface area contributed by atoms with Crippen LogP contribution < -0.4 is 21.1 Å². The number of aromatic nitrogens is 3. The Hall–Kier alpha value is -3.54. The molecular formula is C18H17F3N6O3. The normalized spacial score (nSPS) is 14.6. The van der Waals surface area contributed by atoms with Gasteiger partial charge in [0.1, 0.15) is 11.9 Å². The zero-order valence-corrected chi connectivity index (χ0v) is 15.5. The highest BCUT2D eigenvalue weighted by Crippen LogP contribution is 2.33. The van der Waals surface area contributed by atoms with E-state index in [4.69, 9.17) is 16.2 Å². The molecule has 1 amide bonds. The van der Waals surface area contributed by atoms with E-state index in [1.54, 1.807) is 12.3 Å². The number of carbonyl (C=O) groups excluding carboxylic acids is 1. The quantitative estimate of drug-likeness (QED) is 0.645. The Labute approximate surface area is 168 Å². The maximum atomic E-state index is 12.4. The van der Waals surface area contributed by atoms with Gasteiger partial charge in [-0.25, -0.2) is 14.5 Å². The molecule has 1 aliphatic rings. The summed E-state index contributed by atoms with van der Waals surface area (Å²) in [5.74, 6) is -0.337. The molecule has 2 aromatic heterocycles. The van der Waals surface area contributed by atoms with E-state index >= 15 is 0 Å². The number of benzene rings is 1. The van der Waals surface area contributed by atoms with Crippen molar-refractivity contribution < 1.29 is 27.4 Å². The first-order valence-electron chi connectivity index (χ1n) is 8.89. The number of anilines is 1. The van der Waals surface area contributed by atoms with E-state index < -0.39 is 12.5 Å². The lowest BCUT2D eigenvalue weighted by Gasteiger charge is -2.40. The largest absolute Gasteiger partial charge is 0.573 e. The van der Waals surface area contributed by atoms with Crippen LogP contribution in [0, 0.1) is 0 Å². The summed E-state index contributed by atoms with van der Waals surface area (Å²) in [7, 11) is 0. The van der Waals surface area contributed by atoms with Crippen LogP contribution in [-0.2, 0) is 11.3 Å². The maximum absolute atomic E-state index is 12.4. The second kappa shape index (κ2) is 7.37. The predicted octanol–water partition coefficient (Wildman–Crippen LogP) is 2.06. The molecule has 0 spiro atoms. The topological polar surface area (TPSA) is 122 Å². The van der Waals surface area contributed by atoms with Gasteiger partial charge in [-0.3, -0.25) is 0 Å². The Morgan fingerprint density at radius 1 is 1.20 bits per heavy atom. The number of ether oxygens (including phenoxy) is 2. The summed E-state index contributed by atoms with van der Waals surface area (Å²) in [6.45, 7) is 1.05. The monoisotopic (exact) mass is 422 g/mol. The molecule has 1 aromatic carbocycles. The highest BCUT2D eigenvalue weighted by Gasteiger charge is 2.32. The summed E-state index contributed by atoms with van der Waals surface area (Å²) in [6.07, 6.45) is -4.30. The number of primary amides is 1. The van der Waals surface area contributed by atoms with Crippen LogP contribution in [0.3, 0.4) is 0 Å². The molecule has 4 rings (SSSR count). The molecule has 0 atom stereocenters. The lowest BCUT2D eigenvalue weighted by atomic mass is 10.1. The maximum Gasteiger partial charge on any atom is 0.573 e. The van der Waals surface area contributed by atoms with Crippen LogP contribution in [0.4, 0.5) is 23.7 Å². The molecule has 1 fully saturated rings. The molecule has 4 N–H and O–H groups in total. The van der Waals surface area contributed by atoms with Crippen LogP contribution in [-0.4, -0.2) is 46.4 Å². The summed E-state index contributed by atoms with van der Waals surface area (Å²) < 4.78 is 47.5. The number of nitrogens with zero attached hydrogens (tertiary/aromatic N) is 4. The van der Waals surface area contributed by atoms with Crippen LogP contribution in [0.15, 0.2) is 36.5 Å². The Morgan fingerprint density at radius 3 is 2.50 bits per heavy atom. The zero-order chi connectivity index (χ0) is 21.5. The van der Waals surface area contributed by atoms with Gasteiger partial charge in [0.05, 0.1) is 35.5 Å². The molecule has 0 bridgehead atoms. The Morgan fingerprint density at radius 2 is 1.90 bits per heavy atom. The number of fused-ring (bicyclic) bond motifs is 1. The smallest absolute Gasteiger partial charge is 0.443 e. The fourth-order valence-electron chi connectivity index (χ4n) is 3.35. The number of halogens is 3. The highest BCUT2D eigenvalue weighted by atomic mass is 19.4. The van der Waals surface area contributed by atoms with E-state index in [-0.39, 0.29) is 18.4 Å². The molecule has 12 heteroatoms. The van der Waals surface area contributed by atoms with Crippen molar-refractivity contribution in [1.29, 1.82) is 0 Å². The first-order chi connectivity index (χ1) is 14.2. The highest BCUT2D eigenvalue weighted by molar-refractivity contribution is 5.93. The van der Waals surface area contributed by atoms with E-state index in [2.05, 4.69) is 14.8 Å². The molecule has 0 radical (unpaired) electrons. The number of hydrogen-bond acceptors (Lipinski definition) is 7. The van der Waals surface area contributed by atoms with Crippen LogP contribution in [0.2, 0.25) is 0 Å². The van der Waals surface area contributed by atoms with Crippen molar-refractivity contribution in [2.75, 3.05) is 18.0 Å². The fourth-order valence-corrected chi connectivity index (χ4v) is 3.35. The van der Waals surface area contributed by atoms with Gasteiger partial charge in [0, 0.05) is 12.7 Å². The molecular weight excluding hydrogens is 405 g/mol. The lowest BCUT2D eigenvalue weighted by Crippen LogP contribution is -2.53. The number of rotatable bonds is 5. The van der Waals surface area contributed by atoms with Crippen LogP contribution in [0.1, 0.15) is 5.69 Å². The lowest BCUT2D eigenvalue weighted by molar-refractivity contribution is -0.274. The number of carbonyl (C=O) groups is 1. The van der Waals surface area contributed by atoms with Crippen LogP contribution in [0.5, 0.6) is 5.75 Å². The average molecular weight is 422 g/mol. The molecule has 0 saturated carbocycles. The van der Waals surface area contributed by atoms with E-state index in [9.17, 15) is 18.0 Å². The van der Waals surface area contributed by atoms with E-state index in [1.165, 1.54) is 28.9 Å². The van der Waals surface area contributed by atoms with Gasteiger partial charge in [-0.15, -0.1) is 13.2 Å². The number of pyridine rings is 1. The van der Waals surface area contributed by atoms with Gasteiger partial charge < -0.3 is 25.8 Å². The first kappa shape index (κ1) is 19.8. The minimum absolute atomic E-state index is 0.131. The third kappa shape index (κ3) is 3.81. The molecule has 0 unspecified atom stereocenters. The fraction of sp³-hybridized carbons (Fsp3) is 0.278. The molecule has 1 saturated heterocycles.